The van der Waals surface area contributed by atoms with Crippen molar-refractivity contribution in [3.05, 3.63) is 24.3 Å². The van der Waals surface area contributed by atoms with E-state index in [4.69, 9.17) is 9.47 Å². The monoisotopic (exact) mass is 317 g/mol. The SMILES string of the molecule is CCCOc1ccc(S(=O)(=O)N(C)CC(O)COC)cc1. The van der Waals surface area contributed by atoms with Crippen LogP contribution in [0.25, 0.3) is 0 Å². The Kier molecular flexibility index (Phi) is 7.10. The summed E-state index contributed by atoms with van der Waals surface area (Å²) in [7, 11) is -0.750. The van der Waals surface area contributed by atoms with Gasteiger partial charge in [0.1, 0.15) is 5.75 Å². The van der Waals surface area contributed by atoms with Crippen molar-refractivity contribution in [3.8, 4) is 5.75 Å². The van der Waals surface area contributed by atoms with Gasteiger partial charge in [0.05, 0.1) is 24.2 Å². The van der Waals surface area contributed by atoms with Crippen molar-refractivity contribution in [3.63, 3.8) is 0 Å². The van der Waals surface area contributed by atoms with Crippen molar-refractivity contribution in [1.82, 2.24) is 4.31 Å². The molecule has 1 aromatic rings. The van der Waals surface area contributed by atoms with E-state index < -0.39 is 16.1 Å². The van der Waals surface area contributed by atoms with E-state index in [1.54, 1.807) is 12.1 Å². The number of rotatable bonds is 9. The van der Waals surface area contributed by atoms with Crippen LogP contribution in [-0.4, -0.2) is 57.8 Å². The molecule has 0 spiro atoms. The van der Waals surface area contributed by atoms with Gasteiger partial charge in [-0.2, -0.15) is 4.31 Å². The molecule has 0 saturated carbocycles. The number of benzene rings is 1. The van der Waals surface area contributed by atoms with E-state index in [9.17, 15) is 13.5 Å². The van der Waals surface area contributed by atoms with Crippen LogP contribution in [0.5, 0.6) is 5.75 Å². The zero-order valence-corrected chi connectivity index (χ0v) is 13.5. The van der Waals surface area contributed by atoms with Crippen LogP contribution in [-0.2, 0) is 14.8 Å². The molecular weight excluding hydrogens is 294 g/mol. The second-order valence-electron chi connectivity index (χ2n) is 4.71. The number of hydrogen-bond acceptors (Lipinski definition) is 5. The van der Waals surface area contributed by atoms with E-state index in [0.717, 1.165) is 10.7 Å². The van der Waals surface area contributed by atoms with Crippen molar-refractivity contribution in [2.24, 2.45) is 0 Å². The fourth-order valence-electron chi connectivity index (χ4n) is 1.75. The van der Waals surface area contributed by atoms with Crippen LogP contribution in [0.4, 0.5) is 0 Å². The third-order valence-corrected chi connectivity index (χ3v) is 4.67. The fourth-order valence-corrected chi connectivity index (χ4v) is 2.96. The lowest BCUT2D eigenvalue weighted by molar-refractivity contribution is 0.0554. The maximum atomic E-state index is 12.3. The van der Waals surface area contributed by atoms with Crippen molar-refractivity contribution in [1.29, 1.82) is 0 Å². The van der Waals surface area contributed by atoms with Crippen LogP contribution in [0.2, 0.25) is 0 Å². The molecule has 0 aromatic heterocycles. The number of nitrogens with zero attached hydrogens (tertiary/aromatic N) is 1. The Bertz CT molecular complexity index is 515. The lowest BCUT2D eigenvalue weighted by Gasteiger charge is -2.20. The molecule has 1 rings (SSSR count). The van der Waals surface area contributed by atoms with Crippen LogP contribution in [0.15, 0.2) is 29.2 Å². The lowest BCUT2D eigenvalue weighted by atomic mass is 10.3. The van der Waals surface area contributed by atoms with Gasteiger partial charge in [-0.25, -0.2) is 8.42 Å². The summed E-state index contributed by atoms with van der Waals surface area (Å²) in [5, 5.41) is 9.62. The van der Waals surface area contributed by atoms with Crippen LogP contribution < -0.4 is 4.74 Å². The Balaban J connectivity index is 2.77. The molecule has 1 N–H and O–H groups in total. The Morgan fingerprint density at radius 3 is 2.43 bits per heavy atom. The van der Waals surface area contributed by atoms with E-state index >= 15 is 0 Å². The summed E-state index contributed by atoms with van der Waals surface area (Å²) >= 11 is 0. The third-order valence-electron chi connectivity index (χ3n) is 2.83. The molecule has 0 aliphatic rings. The molecule has 0 radical (unpaired) electrons. The van der Waals surface area contributed by atoms with Gasteiger partial charge < -0.3 is 14.6 Å². The minimum atomic E-state index is -3.63. The number of hydrogen-bond donors (Lipinski definition) is 1. The molecule has 120 valence electrons. The van der Waals surface area contributed by atoms with Gasteiger partial charge >= 0.3 is 0 Å². The molecule has 1 unspecified atom stereocenters. The highest BCUT2D eigenvalue weighted by atomic mass is 32.2. The van der Waals surface area contributed by atoms with Gasteiger partial charge in [0.2, 0.25) is 10.0 Å². The maximum absolute atomic E-state index is 12.3. The summed E-state index contributed by atoms with van der Waals surface area (Å²) in [6.07, 6.45) is 0.0297. The molecule has 0 amide bonds. The largest absolute Gasteiger partial charge is 0.494 e. The Morgan fingerprint density at radius 1 is 1.29 bits per heavy atom. The quantitative estimate of drug-likeness (QED) is 0.738. The standard InChI is InChI=1S/C14H23NO5S/c1-4-9-20-13-5-7-14(8-6-13)21(17,18)15(2)10-12(16)11-19-3/h5-8,12,16H,4,9-11H2,1-3H3. The number of methoxy groups -OCH3 is 1. The predicted octanol–water partition coefficient (Wildman–Crippen LogP) is 1.10. The summed E-state index contributed by atoms with van der Waals surface area (Å²) < 4.78 is 36.0. The smallest absolute Gasteiger partial charge is 0.242 e. The Labute approximate surface area is 126 Å². The normalized spacial score (nSPS) is 13.4. The average molecular weight is 317 g/mol. The first kappa shape index (κ1) is 17.9. The highest BCUT2D eigenvalue weighted by Crippen LogP contribution is 2.19. The molecular formula is C14H23NO5S. The highest BCUT2D eigenvalue weighted by Gasteiger charge is 2.23. The first-order valence-electron chi connectivity index (χ1n) is 6.78. The number of likely N-dealkylation sites (N-methyl/N-ethyl adjacent to an activating group) is 1. The Morgan fingerprint density at radius 2 is 1.90 bits per heavy atom. The van der Waals surface area contributed by atoms with Gasteiger partial charge in [0.25, 0.3) is 0 Å². The lowest BCUT2D eigenvalue weighted by Crippen LogP contribution is -2.36. The molecule has 0 aliphatic heterocycles. The molecule has 1 atom stereocenters. The minimum absolute atomic E-state index is 0.0236. The number of aliphatic hydroxyl groups is 1. The van der Waals surface area contributed by atoms with Crippen molar-refractivity contribution < 1.29 is 23.0 Å². The second-order valence-corrected chi connectivity index (χ2v) is 6.76. The Hall–Kier alpha value is -1.15. The first-order valence-corrected chi connectivity index (χ1v) is 8.22. The molecule has 7 heteroatoms. The van der Waals surface area contributed by atoms with Gasteiger partial charge in [0, 0.05) is 20.7 Å². The molecule has 21 heavy (non-hydrogen) atoms. The van der Waals surface area contributed by atoms with Gasteiger partial charge in [-0.3, -0.25) is 0 Å². The van der Waals surface area contributed by atoms with Gasteiger partial charge in [-0.15, -0.1) is 0 Å². The predicted molar refractivity (Wildman–Crippen MR) is 79.9 cm³/mol. The van der Waals surface area contributed by atoms with Crippen LogP contribution in [0.3, 0.4) is 0 Å². The number of sulfonamides is 1. The van der Waals surface area contributed by atoms with Crippen LogP contribution in [0.1, 0.15) is 13.3 Å². The maximum Gasteiger partial charge on any atom is 0.242 e. The average Bonchev–Trinajstić information content (AvgIpc) is 2.45. The van der Waals surface area contributed by atoms with Crippen LogP contribution >= 0.6 is 0 Å². The van der Waals surface area contributed by atoms with Gasteiger partial charge in [0.15, 0.2) is 0 Å². The highest BCUT2D eigenvalue weighted by molar-refractivity contribution is 7.89. The molecule has 6 nitrogen and oxygen atoms in total. The first-order chi connectivity index (χ1) is 9.91. The summed E-state index contributed by atoms with van der Waals surface area (Å²) in [6, 6.07) is 6.25. The van der Waals surface area contributed by atoms with Crippen molar-refractivity contribution in [2.45, 2.75) is 24.3 Å². The van der Waals surface area contributed by atoms with E-state index in [0.29, 0.717) is 12.4 Å². The van der Waals surface area contributed by atoms with E-state index in [1.165, 1.54) is 26.3 Å². The van der Waals surface area contributed by atoms with Gasteiger partial charge in [-0.1, -0.05) is 6.92 Å². The van der Waals surface area contributed by atoms with Gasteiger partial charge in [-0.05, 0) is 30.7 Å². The van der Waals surface area contributed by atoms with Crippen molar-refractivity contribution in [2.75, 3.05) is 33.9 Å². The van der Waals surface area contributed by atoms with E-state index in [1.807, 2.05) is 6.92 Å². The molecule has 1 aromatic carbocycles. The molecule has 0 heterocycles. The fraction of sp³-hybridized carbons (Fsp3) is 0.571. The summed E-state index contributed by atoms with van der Waals surface area (Å²) in [4.78, 5) is 0.165. The zero-order valence-electron chi connectivity index (χ0n) is 12.7. The summed E-state index contributed by atoms with van der Waals surface area (Å²) in [5.41, 5.74) is 0. The second kappa shape index (κ2) is 8.33. The minimum Gasteiger partial charge on any atom is -0.494 e. The third kappa shape index (κ3) is 5.28. The van der Waals surface area contributed by atoms with E-state index in [2.05, 4.69) is 0 Å². The zero-order chi connectivity index (χ0) is 15.9. The molecule has 0 aliphatic carbocycles. The summed E-state index contributed by atoms with van der Waals surface area (Å²) in [6.45, 7) is 2.65. The molecule has 0 saturated heterocycles. The molecule has 0 fully saturated rings. The van der Waals surface area contributed by atoms with Crippen molar-refractivity contribution >= 4 is 10.0 Å². The number of aliphatic hydroxyl groups excluding tert-OH is 1. The van der Waals surface area contributed by atoms with Crippen LogP contribution in [0, 0.1) is 0 Å². The molecule has 0 bridgehead atoms. The topological polar surface area (TPSA) is 76.1 Å². The van der Waals surface area contributed by atoms with E-state index in [-0.39, 0.29) is 18.0 Å². The summed E-state index contributed by atoms with van der Waals surface area (Å²) in [5.74, 6) is 0.637. The number of ether oxygens (including phenoxy) is 2.